The molecule has 5 nitrogen and oxygen atoms in total. The van der Waals surface area contributed by atoms with E-state index < -0.39 is 0 Å². The second-order valence-electron chi connectivity index (χ2n) is 7.96. The van der Waals surface area contributed by atoms with E-state index in [0.717, 1.165) is 40.4 Å². The monoisotopic (exact) mass is 383 g/mol. The molecule has 4 heterocycles. The topological polar surface area (TPSA) is 46.3 Å². The van der Waals surface area contributed by atoms with Gasteiger partial charge in [-0.3, -0.25) is 0 Å². The van der Waals surface area contributed by atoms with Crippen LogP contribution in [-0.4, -0.2) is 31.7 Å². The molecule has 29 heavy (non-hydrogen) atoms. The van der Waals surface area contributed by atoms with Gasteiger partial charge in [0.25, 0.3) is 0 Å². The van der Waals surface area contributed by atoms with E-state index in [4.69, 9.17) is 10.1 Å². The van der Waals surface area contributed by atoms with Crippen LogP contribution in [0.2, 0.25) is 0 Å². The minimum atomic E-state index is 0.539. The predicted octanol–water partition coefficient (Wildman–Crippen LogP) is 4.76. The highest BCUT2D eigenvalue weighted by Crippen LogP contribution is 2.29. The van der Waals surface area contributed by atoms with Gasteiger partial charge in [0.1, 0.15) is 5.82 Å². The normalized spacial score (nSPS) is 19.2. The first-order valence-corrected chi connectivity index (χ1v) is 10.3. The summed E-state index contributed by atoms with van der Waals surface area (Å²) in [6.07, 6.45) is 6.90. The van der Waals surface area contributed by atoms with Crippen LogP contribution in [0.25, 0.3) is 16.9 Å². The summed E-state index contributed by atoms with van der Waals surface area (Å²) in [4.78, 5) is 12.0. The highest BCUT2D eigenvalue weighted by molar-refractivity contribution is 5.63. The quantitative estimate of drug-likeness (QED) is 0.510. The standard InChI is InChI=1S/C24H25N5/c1-17-11-12-18(2)29(17)23-10-6-9-21(26-23)15-20-16-22(19-7-4-3-5-8-19)27-28-14-13-25-24(20)28/h3-10,13-14,16-18H,11-12,15H2,1-2H3. The summed E-state index contributed by atoms with van der Waals surface area (Å²) in [5.74, 6) is 1.08. The van der Waals surface area contributed by atoms with Crippen LogP contribution < -0.4 is 4.90 Å². The molecule has 0 bridgehead atoms. The van der Waals surface area contributed by atoms with E-state index >= 15 is 0 Å². The molecule has 0 aliphatic carbocycles. The molecule has 1 aromatic carbocycles. The Bertz CT molecular complexity index is 1120. The maximum absolute atomic E-state index is 5.01. The highest BCUT2D eigenvalue weighted by atomic mass is 15.3. The first kappa shape index (κ1) is 17.9. The van der Waals surface area contributed by atoms with Crippen LogP contribution in [0.4, 0.5) is 5.82 Å². The summed E-state index contributed by atoms with van der Waals surface area (Å²) in [7, 11) is 0. The van der Waals surface area contributed by atoms with Gasteiger partial charge in [-0.1, -0.05) is 36.4 Å². The number of anilines is 1. The van der Waals surface area contributed by atoms with Gasteiger partial charge in [0.05, 0.1) is 5.69 Å². The Morgan fingerprint density at radius 2 is 1.76 bits per heavy atom. The third kappa shape index (κ3) is 3.37. The van der Waals surface area contributed by atoms with E-state index in [0.29, 0.717) is 12.1 Å². The molecule has 1 saturated heterocycles. The lowest BCUT2D eigenvalue weighted by Crippen LogP contribution is -2.33. The van der Waals surface area contributed by atoms with E-state index in [1.807, 2.05) is 28.9 Å². The SMILES string of the molecule is CC1CCC(C)N1c1cccc(Cc2cc(-c3ccccc3)nn3ccnc23)n1. The fraction of sp³-hybridized carbons (Fsp3) is 0.292. The Labute approximate surface area is 171 Å². The summed E-state index contributed by atoms with van der Waals surface area (Å²) in [6.45, 7) is 4.59. The van der Waals surface area contributed by atoms with Gasteiger partial charge in [0, 0.05) is 47.7 Å². The summed E-state index contributed by atoms with van der Waals surface area (Å²) >= 11 is 0. The zero-order valence-electron chi connectivity index (χ0n) is 16.9. The molecule has 4 aromatic rings. The van der Waals surface area contributed by atoms with Crippen LogP contribution in [0.15, 0.2) is 67.0 Å². The fourth-order valence-corrected chi connectivity index (χ4v) is 4.41. The number of benzene rings is 1. The Kier molecular flexibility index (Phi) is 4.51. The molecule has 5 heteroatoms. The molecule has 1 aliphatic rings. The van der Waals surface area contributed by atoms with Crippen molar-refractivity contribution < 1.29 is 0 Å². The van der Waals surface area contributed by atoms with Gasteiger partial charge in [0.2, 0.25) is 0 Å². The first-order valence-electron chi connectivity index (χ1n) is 10.3. The number of imidazole rings is 1. The van der Waals surface area contributed by atoms with Gasteiger partial charge in [-0.05, 0) is 44.9 Å². The second-order valence-corrected chi connectivity index (χ2v) is 7.96. The van der Waals surface area contributed by atoms with Gasteiger partial charge < -0.3 is 4.90 Å². The molecule has 3 aromatic heterocycles. The molecule has 0 amide bonds. The maximum Gasteiger partial charge on any atom is 0.157 e. The number of hydrogen-bond acceptors (Lipinski definition) is 4. The molecule has 1 fully saturated rings. The van der Waals surface area contributed by atoms with Crippen molar-refractivity contribution in [2.75, 3.05) is 4.90 Å². The number of hydrogen-bond donors (Lipinski definition) is 0. The van der Waals surface area contributed by atoms with Crippen molar-refractivity contribution in [3.05, 3.63) is 78.2 Å². The first-order chi connectivity index (χ1) is 14.2. The van der Waals surface area contributed by atoms with Gasteiger partial charge in [-0.15, -0.1) is 0 Å². The molecule has 0 saturated carbocycles. The lowest BCUT2D eigenvalue weighted by atomic mass is 10.1. The largest absolute Gasteiger partial charge is 0.351 e. The van der Waals surface area contributed by atoms with E-state index in [9.17, 15) is 0 Å². The Balaban J connectivity index is 1.52. The fourth-order valence-electron chi connectivity index (χ4n) is 4.41. The predicted molar refractivity (Wildman–Crippen MR) is 116 cm³/mol. The molecular weight excluding hydrogens is 358 g/mol. The third-order valence-corrected chi connectivity index (χ3v) is 5.89. The van der Waals surface area contributed by atoms with Crippen molar-refractivity contribution >= 4 is 11.5 Å². The van der Waals surface area contributed by atoms with Crippen molar-refractivity contribution in [3.8, 4) is 11.3 Å². The second kappa shape index (κ2) is 7.32. The van der Waals surface area contributed by atoms with Crippen molar-refractivity contribution in [2.24, 2.45) is 0 Å². The molecule has 146 valence electrons. The van der Waals surface area contributed by atoms with E-state index in [2.05, 4.69) is 60.1 Å². The zero-order chi connectivity index (χ0) is 19.8. The number of rotatable bonds is 4. The molecule has 1 aliphatic heterocycles. The van der Waals surface area contributed by atoms with Crippen LogP contribution >= 0.6 is 0 Å². The number of aromatic nitrogens is 4. The van der Waals surface area contributed by atoms with E-state index in [1.54, 1.807) is 6.20 Å². The van der Waals surface area contributed by atoms with Crippen LogP contribution in [0.1, 0.15) is 37.9 Å². The van der Waals surface area contributed by atoms with Crippen LogP contribution in [-0.2, 0) is 6.42 Å². The molecule has 2 atom stereocenters. The van der Waals surface area contributed by atoms with Gasteiger partial charge in [-0.2, -0.15) is 5.10 Å². The number of pyridine rings is 1. The van der Waals surface area contributed by atoms with Crippen LogP contribution in [0.5, 0.6) is 0 Å². The van der Waals surface area contributed by atoms with Crippen molar-refractivity contribution in [1.29, 1.82) is 0 Å². The lowest BCUT2D eigenvalue weighted by Gasteiger charge is -2.27. The summed E-state index contributed by atoms with van der Waals surface area (Å²) in [5.41, 5.74) is 5.13. The average molecular weight is 383 g/mol. The van der Waals surface area contributed by atoms with Crippen molar-refractivity contribution in [1.82, 2.24) is 19.6 Å². The minimum Gasteiger partial charge on any atom is -0.351 e. The summed E-state index contributed by atoms with van der Waals surface area (Å²) in [6, 6.07) is 19.9. The summed E-state index contributed by atoms with van der Waals surface area (Å²) < 4.78 is 1.87. The molecule has 2 unspecified atom stereocenters. The van der Waals surface area contributed by atoms with Crippen molar-refractivity contribution in [3.63, 3.8) is 0 Å². The molecule has 0 spiro atoms. The smallest absolute Gasteiger partial charge is 0.157 e. The number of fused-ring (bicyclic) bond motifs is 1. The van der Waals surface area contributed by atoms with Gasteiger partial charge >= 0.3 is 0 Å². The van der Waals surface area contributed by atoms with Crippen LogP contribution in [0, 0.1) is 0 Å². The Morgan fingerprint density at radius 3 is 2.55 bits per heavy atom. The van der Waals surface area contributed by atoms with Gasteiger partial charge in [0.15, 0.2) is 5.65 Å². The average Bonchev–Trinajstić information content (AvgIpc) is 3.35. The third-order valence-electron chi connectivity index (χ3n) is 5.89. The molecule has 0 N–H and O–H groups in total. The molecule has 0 radical (unpaired) electrons. The molecule has 5 rings (SSSR count). The molecular formula is C24H25N5. The highest BCUT2D eigenvalue weighted by Gasteiger charge is 2.28. The van der Waals surface area contributed by atoms with E-state index in [-0.39, 0.29) is 0 Å². The Morgan fingerprint density at radius 1 is 0.966 bits per heavy atom. The maximum atomic E-state index is 5.01. The van der Waals surface area contributed by atoms with Gasteiger partial charge in [-0.25, -0.2) is 14.5 Å². The van der Waals surface area contributed by atoms with E-state index in [1.165, 1.54) is 12.8 Å². The van der Waals surface area contributed by atoms with Crippen molar-refractivity contribution in [2.45, 2.75) is 45.2 Å². The lowest BCUT2D eigenvalue weighted by molar-refractivity contribution is 0.681. The minimum absolute atomic E-state index is 0.539. The number of nitrogens with zero attached hydrogens (tertiary/aromatic N) is 5. The van der Waals surface area contributed by atoms with Crippen LogP contribution in [0.3, 0.4) is 0 Å². The zero-order valence-corrected chi connectivity index (χ0v) is 16.9. The Hall–Kier alpha value is -3.21. The summed E-state index contributed by atoms with van der Waals surface area (Å²) in [5, 5.41) is 4.73.